The van der Waals surface area contributed by atoms with Crippen molar-refractivity contribution in [1.29, 1.82) is 0 Å². The second kappa shape index (κ2) is 5.75. The summed E-state index contributed by atoms with van der Waals surface area (Å²) < 4.78 is 0. The topological polar surface area (TPSA) is 15.8 Å². The molecule has 1 N–H and O–H groups in total. The minimum absolute atomic E-state index is 0.00897. The third-order valence-corrected chi connectivity index (χ3v) is 9.16. The summed E-state index contributed by atoms with van der Waals surface area (Å²) in [4.78, 5) is 9.13. The highest BCUT2D eigenvalue weighted by atomic mass is 32.2. The van der Waals surface area contributed by atoms with E-state index in [9.17, 15) is 0 Å². The van der Waals surface area contributed by atoms with Gasteiger partial charge in [-0.2, -0.15) is 0 Å². The number of fused-ring (bicyclic) bond motifs is 9. The molecule has 0 saturated heterocycles. The average molecular weight is 422 g/mol. The molecule has 0 saturated carbocycles. The van der Waals surface area contributed by atoms with Gasteiger partial charge in [0.1, 0.15) is 0 Å². The number of rotatable bonds is 0. The smallest absolute Gasteiger partial charge is 0.0477 e. The Hall–Kier alpha value is -2.62. The van der Waals surface area contributed by atoms with Gasteiger partial charge >= 0.3 is 0 Å². The highest BCUT2D eigenvalue weighted by Crippen LogP contribution is 2.54. The van der Waals surface area contributed by atoms with Crippen LogP contribution >= 0.6 is 23.5 Å². The largest absolute Gasteiger partial charge is 0.354 e. The Labute approximate surface area is 183 Å². The average Bonchev–Trinajstić information content (AvgIpc) is 3.23. The minimum Gasteiger partial charge on any atom is -0.354 e. The van der Waals surface area contributed by atoms with E-state index in [1.54, 1.807) is 0 Å². The Morgan fingerprint density at radius 1 is 0.667 bits per heavy atom. The summed E-state index contributed by atoms with van der Waals surface area (Å²) in [7, 11) is 0. The fraction of sp³-hybridized carbons (Fsp3) is 0.111. The van der Waals surface area contributed by atoms with Gasteiger partial charge in [0.05, 0.1) is 0 Å². The first-order valence-electron chi connectivity index (χ1n) is 10.3. The Morgan fingerprint density at radius 2 is 1.37 bits per heavy atom. The highest BCUT2D eigenvalue weighted by Gasteiger charge is 2.37. The summed E-state index contributed by atoms with van der Waals surface area (Å²) in [6.07, 6.45) is 0. The molecule has 5 aromatic rings. The van der Waals surface area contributed by atoms with Gasteiger partial charge in [0, 0.05) is 46.8 Å². The number of H-pyrrole nitrogens is 1. The van der Waals surface area contributed by atoms with Crippen LogP contribution in [0.2, 0.25) is 0 Å². The number of aromatic amines is 1. The van der Waals surface area contributed by atoms with E-state index < -0.39 is 0 Å². The van der Waals surface area contributed by atoms with E-state index in [2.05, 4.69) is 91.6 Å². The lowest BCUT2D eigenvalue weighted by Gasteiger charge is -2.22. The van der Waals surface area contributed by atoms with Gasteiger partial charge < -0.3 is 4.98 Å². The van der Waals surface area contributed by atoms with Crippen LogP contribution in [-0.4, -0.2) is 4.98 Å². The van der Waals surface area contributed by atoms with Gasteiger partial charge in [-0.15, -0.1) is 0 Å². The van der Waals surface area contributed by atoms with Crippen LogP contribution in [0.15, 0.2) is 92.4 Å². The predicted molar refractivity (Wildman–Crippen MR) is 128 cm³/mol. The van der Waals surface area contributed by atoms with Crippen LogP contribution in [0.25, 0.3) is 32.9 Å². The van der Waals surface area contributed by atoms with Crippen molar-refractivity contribution in [2.75, 3.05) is 0 Å². The number of hydrogen-bond donors (Lipinski definition) is 1. The summed E-state index contributed by atoms with van der Waals surface area (Å²) in [6, 6.07) is 26.9. The van der Waals surface area contributed by atoms with Gasteiger partial charge in [0.25, 0.3) is 0 Å². The molecule has 1 aliphatic carbocycles. The highest BCUT2D eigenvalue weighted by molar-refractivity contribution is 8.05. The predicted octanol–water partition coefficient (Wildman–Crippen LogP) is 8.24. The van der Waals surface area contributed by atoms with Crippen molar-refractivity contribution in [3.63, 3.8) is 0 Å². The number of benzene rings is 4. The van der Waals surface area contributed by atoms with E-state index in [4.69, 9.17) is 0 Å². The van der Waals surface area contributed by atoms with E-state index in [1.807, 2.05) is 23.5 Å². The van der Waals surface area contributed by atoms with Crippen LogP contribution < -0.4 is 0 Å². The summed E-state index contributed by atoms with van der Waals surface area (Å²) >= 11 is 3.78. The molecule has 144 valence electrons. The van der Waals surface area contributed by atoms with E-state index in [0.717, 1.165) is 0 Å². The molecular weight excluding hydrogens is 402 g/mol. The quantitative estimate of drug-likeness (QED) is 0.266. The molecule has 0 unspecified atom stereocenters. The first-order chi connectivity index (χ1) is 14.6. The summed E-state index contributed by atoms with van der Waals surface area (Å²) in [5.41, 5.74) is 8.11. The standard InChI is InChI=1S/C27H19NS2/c1-27(2)18-8-4-3-7-15(18)16-11-12-19-25(26(16)27)17-13-23-24(14-20(17)28-19)30-22-10-6-5-9-21(22)29-23/h3-14,28H,1-2H3. The first-order valence-corrected chi connectivity index (χ1v) is 11.9. The molecule has 0 radical (unpaired) electrons. The lowest BCUT2D eigenvalue weighted by Crippen LogP contribution is -2.15. The fourth-order valence-corrected chi connectivity index (χ4v) is 7.57. The summed E-state index contributed by atoms with van der Waals surface area (Å²) in [5, 5.41) is 2.73. The zero-order valence-corrected chi connectivity index (χ0v) is 18.4. The number of hydrogen-bond acceptors (Lipinski definition) is 2. The van der Waals surface area contributed by atoms with Crippen molar-refractivity contribution in [2.45, 2.75) is 38.8 Å². The van der Waals surface area contributed by atoms with Gasteiger partial charge in [0.15, 0.2) is 0 Å². The Kier molecular flexibility index (Phi) is 3.28. The second-order valence-electron chi connectivity index (χ2n) is 8.70. The molecule has 0 spiro atoms. The van der Waals surface area contributed by atoms with Gasteiger partial charge in [-0.25, -0.2) is 0 Å². The molecule has 1 aromatic heterocycles. The Bertz CT molecular complexity index is 1520. The summed E-state index contributed by atoms with van der Waals surface area (Å²) in [6.45, 7) is 4.74. The zero-order valence-electron chi connectivity index (χ0n) is 16.7. The van der Waals surface area contributed by atoms with Crippen molar-refractivity contribution in [3.05, 3.63) is 83.9 Å². The van der Waals surface area contributed by atoms with E-state index in [-0.39, 0.29) is 5.41 Å². The zero-order chi connectivity index (χ0) is 20.0. The minimum atomic E-state index is -0.00897. The SMILES string of the molecule is CC1(C)c2ccccc2-c2ccc3[nH]c4cc5c(cc4c3c21)Sc1ccccc1S5. The third kappa shape index (κ3) is 2.12. The second-order valence-corrected chi connectivity index (χ2v) is 10.9. The van der Waals surface area contributed by atoms with Crippen molar-refractivity contribution in [2.24, 2.45) is 0 Å². The molecule has 0 amide bonds. The van der Waals surface area contributed by atoms with Crippen LogP contribution in [0.1, 0.15) is 25.0 Å². The molecular formula is C27H19NS2. The molecule has 2 heterocycles. The third-order valence-electron chi connectivity index (χ3n) is 6.63. The van der Waals surface area contributed by atoms with E-state index in [1.165, 1.54) is 63.6 Å². The Morgan fingerprint density at radius 3 is 2.17 bits per heavy atom. The molecule has 0 atom stereocenters. The van der Waals surface area contributed by atoms with Crippen LogP contribution in [0.4, 0.5) is 0 Å². The number of nitrogens with one attached hydrogen (secondary N) is 1. The Balaban J connectivity index is 1.54. The van der Waals surface area contributed by atoms with Crippen molar-refractivity contribution in [1.82, 2.24) is 4.98 Å². The van der Waals surface area contributed by atoms with E-state index in [0.29, 0.717) is 0 Å². The normalized spacial score (nSPS) is 15.7. The van der Waals surface area contributed by atoms with Gasteiger partial charge in [0.2, 0.25) is 0 Å². The van der Waals surface area contributed by atoms with Crippen LogP contribution in [0, 0.1) is 0 Å². The van der Waals surface area contributed by atoms with Crippen LogP contribution in [0.3, 0.4) is 0 Å². The van der Waals surface area contributed by atoms with Crippen LogP contribution in [-0.2, 0) is 5.41 Å². The van der Waals surface area contributed by atoms with E-state index >= 15 is 0 Å². The summed E-state index contributed by atoms with van der Waals surface area (Å²) in [5.74, 6) is 0. The van der Waals surface area contributed by atoms with Crippen molar-refractivity contribution in [3.8, 4) is 11.1 Å². The molecule has 3 heteroatoms. The maximum absolute atomic E-state index is 3.72. The molecule has 4 aromatic carbocycles. The molecule has 0 fully saturated rings. The molecule has 7 rings (SSSR count). The van der Waals surface area contributed by atoms with Gasteiger partial charge in [-0.3, -0.25) is 0 Å². The maximum Gasteiger partial charge on any atom is 0.0477 e. The molecule has 0 bridgehead atoms. The van der Waals surface area contributed by atoms with Crippen molar-refractivity contribution >= 4 is 45.3 Å². The van der Waals surface area contributed by atoms with Gasteiger partial charge in [-0.05, 0) is 52.6 Å². The monoisotopic (exact) mass is 421 g/mol. The number of aromatic nitrogens is 1. The van der Waals surface area contributed by atoms with Crippen LogP contribution in [0.5, 0.6) is 0 Å². The first kappa shape index (κ1) is 17.1. The van der Waals surface area contributed by atoms with Gasteiger partial charge in [-0.1, -0.05) is 79.8 Å². The maximum atomic E-state index is 3.72. The molecule has 2 aliphatic rings. The fourth-order valence-electron chi connectivity index (χ4n) is 5.29. The molecule has 1 aliphatic heterocycles. The van der Waals surface area contributed by atoms with Crippen molar-refractivity contribution < 1.29 is 0 Å². The molecule has 1 nitrogen and oxygen atoms in total. The lowest BCUT2D eigenvalue weighted by molar-refractivity contribution is 0.666. The lowest BCUT2D eigenvalue weighted by atomic mass is 9.80. The molecule has 30 heavy (non-hydrogen) atoms.